The van der Waals surface area contributed by atoms with E-state index in [4.69, 9.17) is 0 Å². The van der Waals surface area contributed by atoms with Gasteiger partial charge in [-0.3, -0.25) is 9.59 Å². The smallest absolute Gasteiger partial charge is 0.258 e. The van der Waals surface area contributed by atoms with Crippen molar-refractivity contribution < 1.29 is 14.0 Å². The highest BCUT2D eigenvalue weighted by atomic mass is 79.9. The van der Waals surface area contributed by atoms with E-state index >= 15 is 0 Å². The first-order chi connectivity index (χ1) is 8.88. The normalized spacial score (nSPS) is 10.2. The highest BCUT2D eigenvalue weighted by Crippen LogP contribution is 2.21. The Labute approximate surface area is 120 Å². The van der Waals surface area contributed by atoms with Crippen LogP contribution >= 0.6 is 15.9 Å². The van der Waals surface area contributed by atoms with E-state index < -0.39 is 11.7 Å². The Morgan fingerprint density at radius 2 is 1.95 bits per heavy atom. The summed E-state index contributed by atoms with van der Waals surface area (Å²) in [6, 6.07) is 4.33. The summed E-state index contributed by atoms with van der Waals surface area (Å²) in [7, 11) is 3.22. The van der Waals surface area contributed by atoms with Crippen LogP contribution in [0.2, 0.25) is 0 Å². The van der Waals surface area contributed by atoms with E-state index in [1.807, 2.05) is 0 Å². The molecular weight excluding hydrogens is 315 g/mol. The molecule has 0 saturated carbocycles. The van der Waals surface area contributed by atoms with Gasteiger partial charge in [0.05, 0.1) is 12.1 Å². The molecular formula is C13H16BrFN2O2. The third-order valence-corrected chi connectivity index (χ3v) is 3.33. The molecule has 0 N–H and O–H groups in total. The summed E-state index contributed by atoms with van der Waals surface area (Å²) in [5.74, 6) is -1.31. The molecule has 0 aliphatic heterocycles. The summed E-state index contributed by atoms with van der Waals surface area (Å²) < 4.78 is 14.1. The number of rotatable bonds is 4. The second kappa shape index (κ2) is 6.65. The molecule has 104 valence electrons. The maximum atomic E-state index is 13.7. The lowest BCUT2D eigenvalue weighted by molar-refractivity contribution is -0.129. The van der Waals surface area contributed by atoms with Crippen LogP contribution in [0.1, 0.15) is 17.3 Å². The lowest BCUT2D eigenvalue weighted by atomic mass is 10.2. The molecule has 0 fully saturated rings. The van der Waals surface area contributed by atoms with Crippen molar-refractivity contribution in [2.75, 3.05) is 27.2 Å². The lowest BCUT2D eigenvalue weighted by Crippen LogP contribution is -2.40. The van der Waals surface area contributed by atoms with Crippen molar-refractivity contribution in [1.29, 1.82) is 0 Å². The van der Waals surface area contributed by atoms with Gasteiger partial charge in [0.15, 0.2) is 0 Å². The average Bonchev–Trinajstić information content (AvgIpc) is 2.34. The van der Waals surface area contributed by atoms with Crippen molar-refractivity contribution in [2.45, 2.75) is 6.92 Å². The quantitative estimate of drug-likeness (QED) is 0.848. The minimum absolute atomic E-state index is 0.0455. The first kappa shape index (κ1) is 15.6. The largest absolute Gasteiger partial charge is 0.347 e. The van der Waals surface area contributed by atoms with Crippen molar-refractivity contribution in [3.8, 4) is 0 Å². The first-order valence-electron chi connectivity index (χ1n) is 5.81. The van der Waals surface area contributed by atoms with Gasteiger partial charge in [0.2, 0.25) is 5.91 Å². The third-order valence-electron chi connectivity index (χ3n) is 2.67. The molecule has 1 aromatic rings. The van der Waals surface area contributed by atoms with Gasteiger partial charge in [0, 0.05) is 25.1 Å². The third kappa shape index (κ3) is 3.76. The number of amides is 2. The van der Waals surface area contributed by atoms with Crippen molar-refractivity contribution >= 4 is 27.7 Å². The highest BCUT2D eigenvalue weighted by Gasteiger charge is 2.23. The van der Waals surface area contributed by atoms with E-state index in [1.165, 1.54) is 21.9 Å². The van der Waals surface area contributed by atoms with Gasteiger partial charge in [-0.05, 0) is 35.0 Å². The molecule has 2 amide bonds. The molecule has 0 aromatic heterocycles. The van der Waals surface area contributed by atoms with E-state index in [-0.39, 0.29) is 18.0 Å². The number of carbonyl (C=O) groups excluding carboxylic acids is 2. The molecule has 0 saturated heterocycles. The van der Waals surface area contributed by atoms with Gasteiger partial charge in [-0.15, -0.1) is 0 Å². The maximum Gasteiger partial charge on any atom is 0.258 e. The molecule has 0 aliphatic rings. The van der Waals surface area contributed by atoms with Gasteiger partial charge in [-0.25, -0.2) is 4.39 Å². The molecule has 6 heteroatoms. The van der Waals surface area contributed by atoms with E-state index in [2.05, 4.69) is 15.9 Å². The summed E-state index contributed by atoms with van der Waals surface area (Å²) >= 11 is 3.16. The summed E-state index contributed by atoms with van der Waals surface area (Å²) in [5, 5.41) is 0. The molecule has 0 aliphatic carbocycles. The number of halogens is 2. The number of benzene rings is 1. The van der Waals surface area contributed by atoms with Crippen LogP contribution < -0.4 is 0 Å². The molecule has 0 bridgehead atoms. The van der Waals surface area contributed by atoms with E-state index in [1.54, 1.807) is 27.1 Å². The zero-order chi connectivity index (χ0) is 14.6. The van der Waals surface area contributed by atoms with E-state index in [9.17, 15) is 14.0 Å². The first-order valence-corrected chi connectivity index (χ1v) is 6.61. The van der Waals surface area contributed by atoms with Crippen LogP contribution in [0.5, 0.6) is 0 Å². The van der Waals surface area contributed by atoms with Crippen molar-refractivity contribution in [3.05, 3.63) is 34.1 Å². The highest BCUT2D eigenvalue weighted by molar-refractivity contribution is 9.10. The fraction of sp³-hybridized carbons (Fsp3) is 0.385. The number of carbonyl (C=O) groups is 2. The Morgan fingerprint density at radius 3 is 2.42 bits per heavy atom. The van der Waals surface area contributed by atoms with Gasteiger partial charge in [0.1, 0.15) is 5.82 Å². The van der Waals surface area contributed by atoms with Gasteiger partial charge >= 0.3 is 0 Å². The Bertz CT molecular complexity index is 471. The Morgan fingerprint density at radius 1 is 1.32 bits per heavy atom. The molecule has 19 heavy (non-hydrogen) atoms. The summed E-state index contributed by atoms with van der Waals surface area (Å²) in [6.07, 6.45) is 0. The van der Waals surface area contributed by atoms with Crippen LogP contribution in [0.15, 0.2) is 22.7 Å². The van der Waals surface area contributed by atoms with E-state index in [0.717, 1.165) is 0 Å². The van der Waals surface area contributed by atoms with Crippen LogP contribution in [0.4, 0.5) is 4.39 Å². The Kier molecular flexibility index (Phi) is 5.47. The number of hydrogen-bond acceptors (Lipinski definition) is 2. The minimum Gasteiger partial charge on any atom is -0.347 e. The Balaban J connectivity index is 2.99. The Hall–Kier alpha value is -1.43. The maximum absolute atomic E-state index is 13.7. The second-order valence-electron chi connectivity index (χ2n) is 4.20. The van der Waals surface area contributed by atoms with Gasteiger partial charge in [-0.1, -0.05) is 6.07 Å². The zero-order valence-corrected chi connectivity index (χ0v) is 12.7. The fourth-order valence-corrected chi connectivity index (χ4v) is 2.00. The van der Waals surface area contributed by atoms with Crippen LogP contribution in [0, 0.1) is 5.82 Å². The molecule has 1 rings (SSSR count). The number of likely N-dealkylation sites (N-methyl/N-ethyl adjacent to an activating group) is 2. The molecule has 0 unspecified atom stereocenters. The lowest BCUT2D eigenvalue weighted by Gasteiger charge is -2.23. The number of hydrogen-bond donors (Lipinski definition) is 0. The van der Waals surface area contributed by atoms with E-state index in [0.29, 0.717) is 11.0 Å². The van der Waals surface area contributed by atoms with Crippen LogP contribution in [0.25, 0.3) is 0 Å². The standard InChI is InChI=1S/C13H16BrFN2O2/c1-4-17(8-11(18)16(2)3)13(19)12-9(14)6-5-7-10(12)15/h5-7H,4,8H2,1-3H3. The number of nitrogens with zero attached hydrogens (tertiary/aromatic N) is 2. The summed E-state index contributed by atoms with van der Waals surface area (Å²) in [4.78, 5) is 26.6. The average molecular weight is 331 g/mol. The van der Waals surface area contributed by atoms with Gasteiger partial charge in [-0.2, -0.15) is 0 Å². The van der Waals surface area contributed by atoms with Crippen LogP contribution in [-0.2, 0) is 4.79 Å². The monoisotopic (exact) mass is 330 g/mol. The van der Waals surface area contributed by atoms with Crippen molar-refractivity contribution in [3.63, 3.8) is 0 Å². The van der Waals surface area contributed by atoms with Gasteiger partial charge in [0.25, 0.3) is 5.91 Å². The predicted molar refractivity (Wildman–Crippen MR) is 74.4 cm³/mol. The fourth-order valence-electron chi connectivity index (χ4n) is 1.49. The van der Waals surface area contributed by atoms with Gasteiger partial charge < -0.3 is 9.80 Å². The molecule has 0 atom stereocenters. The SMILES string of the molecule is CCN(CC(=O)N(C)C)C(=O)c1c(F)cccc1Br. The predicted octanol–water partition coefficient (Wildman–Crippen LogP) is 2.14. The molecule has 1 aromatic carbocycles. The topological polar surface area (TPSA) is 40.6 Å². The summed E-state index contributed by atoms with van der Waals surface area (Å²) in [5.41, 5.74) is -0.0455. The molecule has 0 spiro atoms. The zero-order valence-electron chi connectivity index (χ0n) is 11.1. The second-order valence-corrected chi connectivity index (χ2v) is 5.06. The van der Waals surface area contributed by atoms with Crippen molar-refractivity contribution in [1.82, 2.24) is 9.80 Å². The van der Waals surface area contributed by atoms with Crippen molar-refractivity contribution in [2.24, 2.45) is 0 Å². The molecule has 4 nitrogen and oxygen atoms in total. The van der Waals surface area contributed by atoms with Crippen LogP contribution in [0.3, 0.4) is 0 Å². The minimum atomic E-state index is -0.602. The van der Waals surface area contributed by atoms with Crippen LogP contribution in [-0.4, -0.2) is 48.8 Å². The molecule has 0 heterocycles. The molecule has 0 radical (unpaired) electrons. The summed E-state index contributed by atoms with van der Waals surface area (Å²) in [6.45, 7) is 2.01.